The van der Waals surface area contributed by atoms with Crippen LogP contribution in [0.3, 0.4) is 0 Å². The standard InChI is InChI=1S/C26H33N3O3S2/c1-6-28-11-13-29(14-12-28)24(20-10-9-19(31-4)16-21(20)32-5)23-17(2)18(3)34-26(23)27-25(30)22-8-7-15-33-22/h7-10,15-16,24H,6,11-14H2,1-5H3,(H,27,30). The lowest BCUT2D eigenvalue weighted by molar-refractivity contribution is 0.102. The number of nitrogens with zero attached hydrogens (tertiary/aromatic N) is 2. The van der Waals surface area contributed by atoms with Crippen molar-refractivity contribution in [3.63, 3.8) is 0 Å². The van der Waals surface area contributed by atoms with Crippen LogP contribution in [0, 0.1) is 13.8 Å². The van der Waals surface area contributed by atoms with Crippen LogP contribution in [-0.2, 0) is 0 Å². The number of methoxy groups -OCH3 is 2. The molecule has 182 valence electrons. The van der Waals surface area contributed by atoms with E-state index in [-0.39, 0.29) is 11.9 Å². The Morgan fingerprint density at radius 2 is 1.88 bits per heavy atom. The number of likely N-dealkylation sites (N-methyl/N-ethyl adjacent to an activating group) is 1. The van der Waals surface area contributed by atoms with Gasteiger partial charge in [0.05, 0.1) is 25.1 Å². The molecule has 0 spiro atoms. The minimum absolute atomic E-state index is 0.0385. The average molecular weight is 500 g/mol. The van der Waals surface area contributed by atoms with Crippen molar-refractivity contribution >= 4 is 33.6 Å². The summed E-state index contributed by atoms with van der Waals surface area (Å²) in [6.07, 6.45) is 0. The summed E-state index contributed by atoms with van der Waals surface area (Å²) in [4.78, 5) is 19.9. The maximum Gasteiger partial charge on any atom is 0.266 e. The van der Waals surface area contributed by atoms with Crippen LogP contribution in [0.2, 0.25) is 0 Å². The van der Waals surface area contributed by atoms with Crippen LogP contribution in [0.4, 0.5) is 5.00 Å². The molecule has 2 aromatic heterocycles. The fourth-order valence-electron chi connectivity index (χ4n) is 4.56. The number of hydrogen-bond donors (Lipinski definition) is 1. The molecule has 8 heteroatoms. The third kappa shape index (κ3) is 5.00. The van der Waals surface area contributed by atoms with Crippen molar-refractivity contribution in [2.24, 2.45) is 0 Å². The summed E-state index contributed by atoms with van der Waals surface area (Å²) in [5.41, 5.74) is 3.45. The fourth-order valence-corrected chi connectivity index (χ4v) is 6.26. The lowest BCUT2D eigenvalue weighted by atomic mass is 9.93. The van der Waals surface area contributed by atoms with E-state index in [4.69, 9.17) is 9.47 Å². The molecule has 1 saturated heterocycles. The van der Waals surface area contributed by atoms with Gasteiger partial charge in [-0.1, -0.05) is 13.0 Å². The number of carbonyl (C=O) groups excluding carboxylic acids is 1. The lowest BCUT2D eigenvalue weighted by Crippen LogP contribution is -2.47. The summed E-state index contributed by atoms with van der Waals surface area (Å²) in [5, 5.41) is 6.07. The van der Waals surface area contributed by atoms with Gasteiger partial charge in [-0.2, -0.15) is 0 Å². The summed E-state index contributed by atoms with van der Waals surface area (Å²) >= 11 is 3.11. The number of benzene rings is 1. The normalized spacial score (nSPS) is 15.8. The molecule has 1 amide bonds. The number of carbonyl (C=O) groups is 1. The van der Waals surface area contributed by atoms with Gasteiger partial charge in [-0.25, -0.2) is 0 Å². The van der Waals surface area contributed by atoms with E-state index in [9.17, 15) is 4.79 Å². The van der Waals surface area contributed by atoms with Gasteiger partial charge < -0.3 is 19.7 Å². The van der Waals surface area contributed by atoms with Gasteiger partial charge in [-0.05, 0) is 49.5 Å². The Morgan fingerprint density at radius 1 is 1.12 bits per heavy atom. The number of piperazine rings is 1. The van der Waals surface area contributed by atoms with Crippen molar-refractivity contribution in [3.8, 4) is 11.5 Å². The second kappa shape index (κ2) is 10.9. The molecule has 1 fully saturated rings. The maximum atomic E-state index is 13.0. The van der Waals surface area contributed by atoms with Crippen molar-refractivity contribution < 1.29 is 14.3 Å². The highest BCUT2D eigenvalue weighted by Crippen LogP contribution is 2.45. The predicted molar refractivity (Wildman–Crippen MR) is 141 cm³/mol. The van der Waals surface area contributed by atoms with Crippen LogP contribution in [-0.4, -0.2) is 62.7 Å². The second-order valence-electron chi connectivity index (χ2n) is 8.44. The molecule has 0 saturated carbocycles. The van der Waals surface area contributed by atoms with Gasteiger partial charge in [0.15, 0.2) is 0 Å². The van der Waals surface area contributed by atoms with Crippen LogP contribution in [0.15, 0.2) is 35.7 Å². The zero-order chi connectivity index (χ0) is 24.2. The van der Waals surface area contributed by atoms with E-state index in [1.165, 1.54) is 21.8 Å². The highest BCUT2D eigenvalue weighted by Gasteiger charge is 2.33. The first-order valence-corrected chi connectivity index (χ1v) is 13.3. The lowest BCUT2D eigenvalue weighted by Gasteiger charge is -2.40. The molecular weight excluding hydrogens is 466 g/mol. The number of aryl methyl sites for hydroxylation is 1. The molecule has 0 aliphatic carbocycles. The molecule has 1 atom stereocenters. The topological polar surface area (TPSA) is 54.0 Å². The number of amides is 1. The SMILES string of the molecule is CCN1CCN(C(c2ccc(OC)cc2OC)c2c(NC(=O)c3cccs3)sc(C)c2C)CC1. The molecule has 0 bridgehead atoms. The van der Waals surface area contributed by atoms with Crippen LogP contribution < -0.4 is 14.8 Å². The molecule has 1 aromatic carbocycles. The number of nitrogens with one attached hydrogen (secondary N) is 1. The van der Waals surface area contributed by atoms with Crippen molar-refractivity contribution in [3.05, 3.63) is 62.2 Å². The smallest absolute Gasteiger partial charge is 0.266 e. The number of anilines is 1. The van der Waals surface area contributed by atoms with Crippen LogP contribution in [0.1, 0.15) is 44.2 Å². The van der Waals surface area contributed by atoms with Gasteiger partial charge in [0.2, 0.25) is 0 Å². The minimum atomic E-state index is -0.0613. The molecule has 6 nitrogen and oxygen atoms in total. The number of ether oxygens (including phenoxy) is 2. The third-order valence-electron chi connectivity index (χ3n) is 6.63. The monoisotopic (exact) mass is 499 g/mol. The minimum Gasteiger partial charge on any atom is -0.497 e. The highest BCUT2D eigenvalue weighted by atomic mass is 32.1. The summed E-state index contributed by atoms with van der Waals surface area (Å²) in [5.74, 6) is 1.49. The largest absolute Gasteiger partial charge is 0.497 e. The summed E-state index contributed by atoms with van der Waals surface area (Å²) < 4.78 is 11.3. The molecule has 1 unspecified atom stereocenters. The van der Waals surface area contributed by atoms with E-state index in [1.807, 2.05) is 29.6 Å². The Hall–Kier alpha value is -2.39. The average Bonchev–Trinajstić information content (AvgIpc) is 3.49. The van der Waals surface area contributed by atoms with Gasteiger partial charge >= 0.3 is 0 Å². The quantitative estimate of drug-likeness (QED) is 0.448. The maximum absolute atomic E-state index is 13.0. The Bertz CT molecular complexity index is 1120. The van der Waals surface area contributed by atoms with Crippen molar-refractivity contribution in [1.29, 1.82) is 0 Å². The zero-order valence-corrected chi connectivity index (χ0v) is 22.1. The third-order valence-corrected chi connectivity index (χ3v) is 8.64. The van der Waals surface area contributed by atoms with Crippen molar-refractivity contribution in [1.82, 2.24) is 9.80 Å². The summed E-state index contributed by atoms with van der Waals surface area (Å²) in [7, 11) is 3.37. The molecule has 0 radical (unpaired) electrons. The Morgan fingerprint density at radius 3 is 2.50 bits per heavy atom. The van der Waals surface area contributed by atoms with Gasteiger partial charge in [-0.15, -0.1) is 22.7 Å². The fraction of sp³-hybridized carbons (Fsp3) is 0.423. The summed E-state index contributed by atoms with van der Waals surface area (Å²) in [6, 6.07) is 9.77. The van der Waals surface area contributed by atoms with Crippen LogP contribution >= 0.6 is 22.7 Å². The number of thiophene rings is 2. The van der Waals surface area contributed by atoms with Crippen molar-refractivity contribution in [2.75, 3.05) is 52.3 Å². The first-order valence-electron chi connectivity index (χ1n) is 11.6. The zero-order valence-electron chi connectivity index (χ0n) is 20.5. The van der Waals surface area contributed by atoms with Gasteiger partial charge in [0, 0.05) is 48.2 Å². The van der Waals surface area contributed by atoms with Crippen LogP contribution in [0.25, 0.3) is 0 Å². The first-order chi connectivity index (χ1) is 16.5. The van der Waals surface area contributed by atoms with E-state index >= 15 is 0 Å². The molecular formula is C26H33N3O3S2. The van der Waals surface area contributed by atoms with E-state index in [1.54, 1.807) is 25.6 Å². The van der Waals surface area contributed by atoms with E-state index in [2.05, 4.69) is 42.0 Å². The first kappa shape index (κ1) is 24.7. The number of rotatable bonds is 8. The van der Waals surface area contributed by atoms with E-state index < -0.39 is 0 Å². The van der Waals surface area contributed by atoms with Crippen molar-refractivity contribution in [2.45, 2.75) is 26.8 Å². The molecule has 3 aromatic rings. The molecule has 34 heavy (non-hydrogen) atoms. The predicted octanol–water partition coefficient (Wildman–Crippen LogP) is 5.42. The van der Waals surface area contributed by atoms with E-state index in [0.29, 0.717) is 4.88 Å². The van der Waals surface area contributed by atoms with E-state index in [0.717, 1.165) is 60.4 Å². The summed E-state index contributed by atoms with van der Waals surface area (Å²) in [6.45, 7) is 11.5. The van der Waals surface area contributed by atoms with Gasteiger partial charge in [-0.3, -0.25) is 9.69 Å². The highest BCUT2D eigenvalue weighted by molar-refractivity contribution is 7.17. The molecule has 3 heterocycles. The Kier molecular flexibility index (Phi) is 7.93. The van der Waals surface area contributed by atoms with Crippen LogP contribution in [0.5, 0.6) is 11.5 Å². The van der Waals surface area contributed by atoms with Gasteiger partial charge in [0.25, 0.3) is 5.91 Å². The molecule has 1 aliphatic heterocycles. The second-order valence-corrected chi connectivity index (χ2v) is 10.6. The van der Waals surface area contributed by atoms with Gasteiger partial charge in [0.1, 0.15) is 16.5 Å². The molecule has 1 N–H and O–H groups in total. The molecule has 1 aliphatic rings. The number of hydrogen-bond acceptors (Lipinski definition) is 7. The molecule has 4 rings (SSSR count). The Labute approximate surface area is 210 Å². The Balaban J connectivity index is 1.80.